The first-order valence-corrected chi connectivity index (χ1v) is 9.58. The molecule has 0 aromatic heterocycles. The molecule has 0 unspecified atom stereocenters. The van der Waals surface area contributed by atoms with E-state index in [1.54, 1.807) is 6.08 Å². The van der Waals surface area contributed by atoms with Gasteiger partial charge in [-0.05, 0) is 48.7 Å². The van der Waals surface area contributed by atoms with Gasteiger partial charge in [-0.25, -0.2) is 0 Å². The van der Waals surface area contributed by atoms with Gasteiger partial charge in [0.1, 0.15) is 36.4 Å². The smallest absolute Gasteiger partial charge is 0.262 e. The summed E-state index contributed by atoms with van der Waals surface area (Å²) < 4.78 is 11.2. The van der Waals surface area contributed by atoms with E-state index in [0.717, 1.165) is 37.0 Å². The van der Waals surface area contributed by atoms with E-state index in [4.69, 9.17) is 9.47 Å². The highest BCUT2D eigenvalue weighted by Crippen LogP contribution is 2.19. The molecule has 5 nitrogen and oxygen atoms in total. The van der Waals surface area contributed by atoms with Gasteiger partial charge < -0.3 is 14.8 Å². The topological polar surface area (TPSA) is 71.3 Å². The third-order valence-electron chi connectivity index (χ3n) is 4.61. The van der Waals surface area contributed by atoms with Gasteiger partial charge in [0, 0.05) is 6.04 Å². The lowest BCUT2D eigenvalue weighted by molar-refractivity contribution is -0.117. The first kappa shape index (κ1) is 19.5. The molecule has 1 aliphatic rings. The van der Waals surface area contributed by atoms with Crippen molar-refractivity contribution in [2.24, 2.45) is 0 Å². The molecule has 0 bridgehead atoms. The molecular formula is C23H24N2O3. The van der Waals surface area contributed by atoms with Gasteiger partial charge in [-0.3, -0.25) is 4.79 Å². The zero-order valence-electron chi connectivity index (χ0n) is 15.8. The fourth-order valence-electron chi connectivity index (χ4n) is 3.14. The van der Waals surface area contributed by atoms with Crippen LogP contribution in [0.4, 0.5) is 0 Å². The molecule has 5 heteroatoms. The van der Waals surface area contributed by atoms with Gasteiger partial charge in [0.05, 0.1) is 0 Å². The first-order valence-electron chi connectivity index (χ1n) is 9.58. The maximum absolute atomic E-state index is 12.3. The number of hydrogen-bond donors (Lipinski definition) is 1. The highest BCUT2D eigenvalue weighted by atomic mass is 16.5. The number of rotatable bonds is 8. The Labute approximate surface area is 165 Å². The van der Waals surface area contributed by atoms with Gasteiger partial charge in [-0.15, -0.1) is 0 Å². The number of nitriles is 1. The fourth-order valence-corrected chi connectivity index (χ4v) is 3.14. The Balaban J connectivity index is 1.49. The van der Waals surface area contributed by atoms with E-state index >= 15 is 0 Å². The van der Waals surface area contributed by atoms with E-state index in [1.165, 1.54) is 0 Å². The summed E-state index contributed by atoms with van der Waals surface area (Å²) in [4.78, 5) is 12.3. The minimum atomic E-state index is -0.298. The lowest BCUT2D eigenvalue weighted by Crippen LogP contribution is -2.33. The molecule has 0 atom stereocenters. The van der Waals surface area contributed by atoms with Crippen LogP contribution in [-0.4, -0.2) is 25.2 Å². The van der Waals surface area contributed by atoms with Crippen molar-refractivity contribution in [2.75, 3.05) is 13.2 Å². The van der Waals surface area contributed by atoms with Gasteiger partial charge in [-0.2, -0.15) is 5.26 Å². The van der Waals surface area contributed by atoms with Crippen molar-refractivity contribution in [1.29, 1.82) is 5.26 Å². The minimum Gasteiger partial charge on any atom is -0.490 e. The quantitative estimate of drug-likeness (QED) is 0.428. The number of carbonyl (C=O) groups excluding carboxylic acids is 1. The molecule has 1 aliphatic carbocycles. The number of amides is 1. The van der Waals surface area contributed by atoms with Crippen molar-refractivity contribution in [1.82, 2.24) is 5.32 Å². The second-order valence-corrected chi connectivity index (χ2v) is 6.70. The highest BCUT2D eigenvalue weighted by Gasteiger charge is 2.19. The number of hydrogen-bond acceptors (Lipinski definition) is 4. The lowest BCUT2D eigenvalue weighted by atomic mass is 10.1. The molecule has 28 heavy (non-hydrogen) atoms. The van der Waals surface area contributed by atoms with Crippen LogP contribution in [0.15, 0.2) is 60.2 Å². The van der Waals surface area contributed by atoms with Crippen LogP contribution in [0.2, 0.25) is 0 Å². The molecule has 1 fully saturated rings. The van der Waals surface area contributed by atoms with E-state index in [-0.39, 0.29) is 17.5 Å². The van der Waals surface area contributed by atoms with E-state index in [9.17, 15) is 10.1 Å². The summed E-state index contributed by atoms with van der Waals surface area (Å²) in [6.07, 6.45) is 5.85. The van der Waals surface area contributed by atoms with E-state index in [2.05, 4.69) is 5.32 Å². The van der Waals surface area contributed by atoms with Gasteiger partial charge in [0.25, 0.3) is 5.91 Å². The number of para-hydroxylation sites is 1. The molecule has 0 spiro atoms. The Kier molecular flexibility index (Phi) is 7.08. The third kappa shape index (κ3) is 5.88. The van der Waals surface area contributed by atoms with Gasteiger partial charge in [-0.1, -0.05) is 43.2 Å². The average Bonchev–Trinajstić information content (AvgIpc) is 3.24. The molecule has 0 aliphatic heterocycles. The fraction of sp³-hybridized carbons (Fsp3) is 0.304. The standard InChI is InChI=1S/C23H24N2O3/c24-17-19(23(26)25-20-6-4-5-7-20)16-18-10-12-22(13-11-18)28-15-14-27-21-8-2-1-3-9-21/h1-3,8-13,16,20H,4-7,14-15H2,(H,25,26)/b19-16+. The molecule has 1 N–H and O–H groups in total. The van der Waals surface area contributed by atoms with Crippen molar-refractivity contribution in [3.05, 3.63) is 65.7 Å². The highest BCUT2D eigenvalue weighted by molar-refractivity contribution is 6.01. The van der Waals surface area contributed by atoms with E-state index < -0.39 is 0 Å². The van der Waals surface area contributed by atoms with E-state index in [0.29, 0.717) is 19.0 Å². The molecular weight excluding hydrogens is 352 g/mol. The number of carbonyl (C=O) groups is 1. The van der Waals surface area contributed by atoms with Crippen molar-refractivity contribution in [3.8, 4) is 17.6 Å². The SMILES string of the molecule is N#C/C(=C\c1ccc(OCCOc2ccccc2)cc1)C(=O)NC1CCCC1. The van der Waals surface area contributed by atoms with Crippen LogP contribution in [-0.2, 0) is 4.79 Å². The van der Waals surface area contributed by atoms with Crippen LogP contribution in [0.1, 0.15) is 31.2 Å². The van der Waals surface area contributed by atoms with Crippen LogP contribution >= 0.6 is 0 Å². The summed E-state index contributed by atoms with van der Waals surface area (Å²) in [5.41, 5.74) is 0.905. The molecule has 3 rings (SSSR count). The second-order valence-electron chi connectivity index (χ2n) is 6.70. The third-order valence-corrected chi connectivity index (χ3v) is 4.61. The normalized spacial score (nSPS) is 14.3. The van der Waals surface area contributed by atoms with Crippen LogP contribution < -0.4 is 14.8 Å². The maximum Gasteiger partial charge on any atom is 0.262 e. The Morgan fingerprint density at radius 3 is 2.21 bits per heavy atom. The van der Waals surface area contributed by atoms with Gasteiger partial charge in [0.15, 0.2) is 0 Å². The molecule has 0 saturated heterocycles. The van der Waals surface area contributed by atoms with Crippen LogP contribution in [0, 0.1) is 11.3 Å². The van der Waals surface area contributed by atoms with Gasteiger partial charge in [0.2, 0.25) is 0 Å². The van der Waals surface area contributed by atoms with Crippen LogP contribution in [0.3, 0.4) is 0 Å². The molecule has 0 radical (unpaired) electrons. The summed E-state index contributed by atoms with van der Waals surface area (Å²) in [5, 5.41) is 12.2. The predicted octanol–water partition coefficient (Wildman–Crippen LogP) is 4.11. The van der Waals surface area contributed by atoms with Crippen molar-refractivity contribution in [3.63, 3.8) is 0 Å². The lowest BCUT2D eigenvalue weighted by Gasteiger charge is -2.11. The molecule has 1 amide bonds. The maximum atomic E-state index is 12.3. The van der Waals surface area contributed by atoms with Crippen molar-refractivity contribution in [2.45, 2.75) is 31.7 Å². The molecule has 2 aromatic carbocycles. The zero-order chi connectivity index (χ0) is 19.6. The molecule has 0 heterocycles. The summed E-state index contributed by atoms with van der Waals surface area (Å²) in [6, 6.07) is 19.1. The number of nitrogens with one attached hydrogen (secondary N) is 1. The summed E-state index contributed by atoms with van der Waals surface area (Å²) in [5.74, 6) is 1.22. The number of benzene rings is 2. The van der Waals surface area contributed by atoms with Crippen LogP contribution in [0.25, 0.3) is 6.08 Å². The number of ether oxygens (including phenoxy) is 2. The molecule has 144 valence electrons. The summed E-state index contributed by atoms with van der Waals surface area (Å²) >= 11 is 0. The number of nitrogens with zero attached hydrogens (tertiary/aromatic N) is 1. The summed E-state index contributed by atoms with van der Waals surface area (Å²) in [7, 11) is 0. The van der Waals surface area contributed by atoms with Gasteiger partial charge >= 0.3 is 0 Å². The van der Waals surface area contributed by atoms with E-state index in [1.807, 2.05) is 60.7 Å². The summed E-state index contributed by atoms with van der Waals surface area (Å²) in [6.45, 7) is 0.878. The minimum absolute atomic E-state index is 0.122. The Hall–Kier alpha value is -3.26. The van der Waals surface area contributed by atoms with Crippen molar-refractivity contribution < 1.29 is 14.3 Å². The zero-order valence-corrected chi connectivity index (χ0v) is 15.8. The average molecular weight is 376 g/mol. The van der Waals surface area contributed by atoms with Crippen LogP contribution in [0.5, 0.6) is 11.5 Å². The Morgan fingerprint density at radius 1 is 1.00 bits per heavy atom. The van der Waals surface area contributed by atoms with Crippen molar-refractivity contribution >= 4 is 12.0 Å². The monoisotopic (exact) mass is 376 g/mol. The second kappa shape index (κ2) is 10.2. The largest absolute Gasteiger partial charge is 0.490 e. The molecule has 2 aromatic rings. The Bertz CT molecular complexity index is 832. The predicted molar refractivity (Wildman–Crippen MR) is 108 cm³/mol. The first-order chi connectivity index (χ1) is 13.7. The Morgan fingerprint density at radius 2 is 1.61 bits per heavy atom. The molecule has 1 saturated carbocycles.